The van der Waals surface area contributed by atoms with Crippen LogP contribution in [0, 0.1) is 0 Å². The topological polar surface area (TPSA) is 137 Å². The van der Waals surface area contributed by atoms with E-state index in [0.29, 0.717) is 112 Å². The van der Waals surface area contributed by atoms with E-state index in [2.05, 4.69) is 6.92 Å². The SMILES string of the molecule is CCCCCCCCCCCCCOCCOCCOCCOCCOCCOCCOCCOCCOC(=O)CCCCC(=O)O. The van der Waals surface area contributed by atoms with E-state index in [1.807, 2.05) is 0 Å². The molecule has 0 aliphatic heterocycles. The van der Waals surface area contributed by atoms with E-state index in [0.717, 1.165) is 13.0 Å². The molecule has 1 N–H and O–H groups in total. The van der Waals surface area contributed by atoms with Gasteiger partial charge in [-0.2, -0.15) is 0 Å². The van der Waals surface area contributed by atoms with Gasteiger partial charge >= 0.3 is 11.9 Å². The number of unbranched alkanes of at least 4 members (excludes halogenated alkanes) is 11. The van der Waals surface area contributed by atoms with Crippen molar-refractivity contribution in [3.8, 4) is 0 Å². The first kappa shape index (κ1) is 45.6. The summed E-state index contributed by atoms with van der Waals surface area (Å²) in [5, 5.41) is 8.55. The fourth-order valence-corrected chi connectivity index (χ4v) is 4.34. The predicted molar refractivity (Wildman–Crippen MR) is 180 cm³/mol. The van der Waals surface area contributed by atoms with Crippen LogP contribution in [-0.4, -0.2) is 129 Å². The van der Waals surface area contributed by atoms with Crippen LogP contribution in [-0.2, 0) is 52.2 Å². The average molecular weight is 681 g/mol. The first-order chi connectivity index (χ1) is 23.2. The molecule has 0 bridgehead atoms. The number of carbonyl (C=O) groups excluding carboxylic acids is 1. The Labute approximate surface area is 284 Å². The van der Waals surface area contributed by atoms with Gasteiger partial charge in [0.05, 0.1) is 99.1 Å². The Hall–Kier alpha value is -1.38. The molecule has 0 saturated heterocycles. The average Bonchev–Trinajstić information content (AvgIpc) is 3.06. The van der Waals surface area contributed by atoms with Crippen molar-refractivity contribution in [3.63, 3.8) is 0 Å². The van der Waals surface area contributed by atoms with Gasteiger partial charge in [-0.15, -0.1) is 0 Å². The number of hydrogen-bond acceptors (Lipinski definition) is 11. The molecule has 0 spiro atoms. The monoisotopic (exact) mass is 680 g/mol. The van der Waals surface area contributed by atoms with Gasteiger partial charge in [0.2, 0.25) is 0 Å². The van der Waals surface area contributed by atoms with Gasteiger partial charge in [0.1, 0.15) is 6.61 Å². The van der Waals surface area contributed by atoms with Gasteiger partial charge in [-0.05, 0) is 19.3 Å². The van der Waals surface area contributed by atoms with Gasteiger partial charge in [-0.3, -0.25) is 9.59 Å². The van der Waals surface area contributed by atoms with Gasteiger partial charge in [-0.25, -0.2) is 0 Å². The van der Waals surface area contributed by atoms with Crippen molar-refractivity contribution in [2.45, 2.75) is 103 Å². The molecule has 0 aromatic heterocycles. The smallest absolute Gasteiger partial charge is 0.305 e. The Bertz CT molecular complexity index is 638. The third kappa shape index (κ3) is 42.6. The number of carboxylic acids is 1. The second-order valence-corrected chi connectivity index (χ2v) is 11.3. The summed E-state index contributed by atoms with van der Waals surface area (Å²) < 4.78 is 48.9. The minimum absolute atomic E-state index is 0.0653. The molecule has 0 aromatic carbocycles. The molecule has 0 aliphatic carbocycles. The lowest BCUT2D eigenvalue weighted by atomic mass is 10.1. The lowest BCUT2D eigenvalue weighted by Crippen LogP contribution is -2.15. The molecule has 0 fully saturated rings. The molecule has 12 nitrogen and oxygen atoms in total. The van der Waals surface area contributed by atoms with Gasteiger partial charge in [0, 0.05) is 19.4 Å². The number of aliphatic carboxylic acids is 1. The fraction of sp³-hybridized carbons (Fsp3) is 0.943. The molecule has 47 heavy (non-hydrogen) atoms. The maximum Gasteiger partial charge on any atom is 0.305 e. The first-order valence-electron chi connectivity index (χ1n) is 18.2. The van der Waals surface area contributed by atoms with E-state index in [-0.39, 0.29) is 25.4 Å². The molecular formula is C35H68O12. The largest absolute Gasteiger partial charge is 0.481 e. The van der Waals surface area contributed by atoms with Crippen molar-refractivity contribution < 1.29 is 57.3 Å². The normalized spacial score (nSPS) is 11.3. The maximum absolute atomic E-state index is 11.5. The van der Waals surface area contributed by atoms with Crippen LogP contribution in [0.15, 0.2) is 0 Å². The van der Waals surface area contributed by atoms with Crippen molar-refractivity contribution in [3.05, 3.63) is 0 Å². The Morgan fingerprint density at radius 2 is 0.660 bits per heavy atom. The van der Waals surface area contributed by atoms with Gasteiger partial charge < -0.3 is 47.7 Å². The van der Waals surface area contributed by atoms with E-state index in [9.17, 15) is 9.59 Å². The van der Waals surface area contributed by atoms with Crippen molar-refractivity contribution in [1.82, 2.24) is 0 Å². The number of ether oxygens (including phenoxy) is 9. The van der Waals surface area contributed by atoms with E-state index >= 15 is 0 Å². The third-order valence-corrected chi connectivity index (χ3v) is 7.01. The zero-order valence-electron chi connectivity index (χ0n) is 29.6. The lowest BCUT2D eigenvalue weighted by Gasteiger charge is -2.09. The van der Waals surface area contributed by atoms with Gasteiger partial charge in [0.25, 0.3) is 0 Å². The Kier molecular flexibility index (Phi) is 39.6. The zero-order chi connectivity index (χ0) is 34.1. The van der Waals surface area contributed by atoms with Crippen LogP contribution in [0.25, 0.3) is 0 Å². The summed E-state index contributed by atoms with van der Waals surface area (Å²) in [5.74, 6) is -1.20. The van der Waals surface area contributed by atoms with Crippen LogP contribution < -0.4 is 0 Å². The number of carboxylic acid groups (broad SMARTS) is 1. The zero-order valence-corrected chi connectivity index (χ0v) is 29.6. The number of esters is 1. The van der Waals surface area contributed by atoms with E-state index in [4.69, 9.17) is 47.7 Å². The van der Waals surface area contributed by atoms with Crippen molar-refractivity contribution in [2.24, 2.45) is 0 Å². The minimum Gasteiger partial charge on any atom is -0.481 e. The van der Waals surface area contributed by atoms with Crippen LogP contribution in [0.1, 0.15) is 103 Å². The summed E-state index contributed by atoms with van der Waals surface area (Å²) >= 11 is 0. The molecule has 0 aromatic rings. The van der Waals surface area contributed by atoms with Crippen molar-refractivity contribution in [1.29, 1.82) is 0 Å². The predicted octanol–water partition coefficient (Wildman–Crippen LogP) is 5.62. The minimum atomic E-state index is -0.858. The lowest BCUT2D eigenvalue weighted by molar-refractivity contribution is -0.146. The van der Waals surface area contributed by atoms with Crippen LogP contribution in [0.4, 0.5) is 0 Å². The standard InChI is InChI=1S/C35H68O12/c1-2-3-4-5-6-7-8-9-10-11-14-17-39-18-19-40-20-21-41-22-23-42-24-25-43-26-27-44-28-29-45-30-31-46-32-33-47-35(38)16-13-12-15-34(36)37/h2-33H2,1H3,(H,36,37). The highest BCUT2D eigenvalue weighted by atomic mass is 16.6. The molecule has 0 saturated carbocycles. The molecule has 280 valence electrons. The van der Waals surface area contributed by atoms with Crippen molar-refractivity contribution >= 4 is 11.9 Å². The summed E-state index contributed by atoms with van der Waals surface area (Å²) in [4.78, 5) is 21.9. The van der Waals surface area contributed by atoms with E-state index in [1.54, 1.807) is 0 Å². The summed E-state index contributed by atoms with van der Waals surface area (Å²) in [5.41, 5.74) is 0. The number of hydrogen-bond donors (Lipinski definition) is 1. The Balaban J connectivity index is 3.09. The highest BCUT2D eigenvalue weighted by Gasteiger charge is 2.04. The third-order valence-electron chi connectivity index (χ3n) is 7.01. The van der Waals surface area contributed by atoms with Crippen LogP contribution >= 0.6 is 0 Å². The van der Waals surface area contributed by atoms with Crippen LogP contribution in [0.2, 0.25) is 0 Å². The van der Waals surface area contributed by atoms with Crippen LogP contribution in [0.5, 0.6) is 0 Å². The summed E-state index contributed by atoms with van der Waals surface area (Å²) in [6, 6.07) is 0. The second kappa shape index (κ2) is 40.8. The molecule has 0 heterocycles. The number of carbonyl (C=O) groups is 2. The molecule has 0 unspecified atom stereocenters. The molecule has 12 heteroatoms. The highest BCUT2D eigenvalue weighted by molar-refractivity contribution is 5.69. The molecule has 0 rings (SSSR count). The van der Waals surface area contributed by atoms with E-state index in [1.165, 1.54) is 64.2 Å². The molecule has 0 atom stereocenters. The Morgan fingerprint density at radius 1 is 0.362 bits per heavy atom. The van der Waals surface area contributed by atoms with Gasteiger partial charge in [-0.1, -0.05) is 71.1 Å². The quantitative estimate of drug-likeness (QED) is 0.0634. The second-order valence-electron chi connectivity index (χ2n) is 11.3. The number of rotatable bonds is 41. The molecule has 0 amide bonds. The molecule has 0 aliphatic rings. The van der Waals surface area contributed by atoms with Gasteiger partial charge in [0.15, 0.2) is 0 Å². The Morgan fingerprint density at radius 3 is 1.02 bits per heavy atom. The fourth-order valence-electron chi connectivity index (χ4n) is 4.34. The van der Waals surface area contributed by atoms with Crippen molar-refractivity contribution in [2.75, 3.05) is 112 Å². The van der Waals surface area contributed by atoms with E-state index < -0.39 is 5.97 Å². The first-order valence-corrected chi connectivity index (χ1v) is 18.2. The summed E-state index contributed by atoms with van der Waals surface area (Å²) in [7, 11) is 0. The summed E-state index contributed by atoms with van der Waals surface area (Å²) in [6.45, 7) is 10.7. The molecule has 0 radical (unpaired) electrons. The summed E-state index contributed by atoms with van der Waals surface area (Å²) in [6.07, 6.45) is 16.1. The molecular weight excluding hydrogens is 612 g/mol. The van der Waals surface area contributed by atoms with Crippen LogP contribution in [0.3, 0.4) is 0 Å². The highest BCUT2D eigenvalue weighted by Crippen LogP contribution is 2.11. The maximum atomic E-state index is 11.5.